The second-order valence-corrected chi connectivity index (χ2v) is 6.05. The average Bonchev–Trinajstić information content (AvgIpc) is 2.67. The Morgan fingerprint density at radius 1 is 0.966 bits per heavy atom. The summed E-state index contributed by atoms with van der Waals surface area (Å²) in [5.41, 5.74) is -0.819. The van der Waals surface area contributed by atoms with E-state index in [9.17, 15) is 25.0 Å². The number of hydrogen-bond acceptors (Lipinski definition) is 7. The van der Waals surface area contributed by atoms with Crippen molar-refractivity contribution < 1.29 is 14.6 Å². The number of benzene rings is 1. The van der Waals surface area contributed by atoms with E-state index in [0.717, 1.165) is 5.56 Å². The maximum Gasteiger partial charge on any atom is 0.352 e. The smallest absolute Gasteiger partial charge is 0.352 e. The second-order valence-electron chi connectivity index (χ2n) is 5.24. The van der Waals surface area contributed by atoms with Crippen LogP contribution in [0.3, 0.4) is 0 Å². The molecule has 0 spiro atoms. The molecule has 0 saturated heterocycles. The predicted octanol–water partition coefficient (Wildman–Crippen LogP) is 4.16. The van der Waals surface area contributed by atoms with E-state index in [1.807, 2.05) is 30.3 Å². The van der Waals surface area contributed by atoms with Crippen LogP contribution in [0, 0.1) is 20.2 Å². The summed E-state index contributed by atoms with van der Waals surface area (Å²) in [6.07, 6.45) is 2.62. The Bertz CT molecular complexity index is 1080. The van der Waals surface area contributed by atoms with Gasteiger partial charge in [-0.2, -0.15) is 0 Å². The van der Waals surface area contributed by atoms with Gasteiger partial charge in [0, 0.05) is 12.4 Å². The number of hydrogen-bond donors (Lipinski definition) is 1. The zero-order valence-corrected chi connectivity index (χ0v) is 16.0. The van der Waals surface area contributed by atoms with Gasteiger partial charge in [-0.05, 0) is 17.7 Å². The number of aromatic amines is 1. The first-order valence-electron chi connectivity index (χ1n) is 7.78. The Morgan fingerprint density at radius 3 is 2.14 bits per heavy atom. The Morgan fingerprint density at radius 2 is 1.59 bits per heavy atom. The lowest BCUT2D eigenvalue weighted by Crippen LogP contribution is -2.10. The van der Waals surface area contributed by atoms with Crippen LogP contribution >= 0.6 is 23.2 Å². The molecule has 3 aromatic rings. The lowest BCUT2D eigenvalue weighted by molar-refractivity contribution is -0.386. The molecule has 150 valence electrons. The third-order valence-corrected chi connectivity index (χ3v) is 3.92. The molecule has 0 fully saturated rings. The summed E-state index contributed by atoms with van der Waals surface area (Å²) >= 11 is 11.1. The number of halogens is 2. The fourth-order valence-corrected chi connectivity index (χ4v) is 2.45. The van der Waals surface area contributed by atoms with Gasteiger partial charge >= 0.3 is 16.9 Å². The molecule has 0 saturated carbocycles. The lowest BCUT2D eigenvalue weighted by atomic mass is 10.2. The zero-order chi connectivity index (χ0) is 21.4. The molecule has 1 aromatic carbocycles. The predicted molar refractivity (Wildman–Crippen MR) is 105 cm³/mol. The van der Waals surface area contributed by atoms with Crippen LogP contribution in [0.4, 0.5) is 11.4 Å². The fourth-order valence-electron chi connectivity index (χ4n) is 2.03. The molecule has 2 aromatic heterocycles. The number of nitrogens with zero attached hydrogens (tertiary/aromatic N) is 3. The van der Waals surface area contributed by atoms with Gasteiger partial charge in [0.25, 0.3) is 5.88 Å². The van der Waals surface area contributed by atoms with Crippen molar-refractivity contribution in [2.45, 2.75) is 6.61 Å². The summed E-state index contributed by atoms with van der Waals surface area (Å²) in [5, 5.41) is 20.9. The highest BCUT2D eigenvalue weighted by Crippen LogP contribution is 2.32. The number of nitro groups is 2. The van der Waals surface area contributed by atoms with Crippen molar-refractivity contribution in [3.8, 4) is 5.88 Å². The molecule has 0 bridgehead atoms. The number of nitrogens with one attached hydrogen (secondary N) is 1. The molecule has 1 N–H and O–H groups in total. The number of rotatable bonds is 5. The standard InChI is InChI=1S/C12H9ClN2O3.C5H3ClN2O3/c13-10-6-7-14-12(11(10)15(16)17)18-8-9-4-2-1-3-5-9;6-3-1-2-7-5(9)4(3)8(10)11/h1-7H,8H2;1-2H,(H,7,9). The number of pyridine rings is 2. The van der Waals surface area contributed by atoms with E-state index in [2.05, 4.69) is 9.97 Å². The topological polar surface area (TPSA) is 141 Å². The molecule has 0 unspecified atom stereocenters. The number of aromatic nitrogens is 2. The van der Waals surface area contributed by atoms with Crippen molar-refractivity contribution in [2.24, 2.45) is 0 Å². The quantitative estimate of drug-likeness (QED) is 0.465. The second kappa shape index (κ2) is 10.2. The highest BCUT2D eigenvalue weighted by atomic mass is 35.5. The maximum absolute atomic E-state index is 10.9. The van der Waals surface area contributed by atoms with E-state index in [4.69, 9.17) is 27.9 Å². The number of H-pyrrole nitrogens is 1. The molecular weight excluding hydrogens is 427 g/mol. The molecule has 0 atom stereocenters. The first-order chi connectivity index (χ1) is 13.8. The minimum atomic E-state index is -0.818. The third kappa shape index (κ3) is 5.99. The van der Waals surface area contributed by atoms with Gasteiger partial charge in [-0.3, -0.25) is 25.0 Å². The molecule has 0 radical (unpaired) electrons. The van der Waals surface area contributed by atoms with E-state index in [1.165, 1.54) is 24.5 Å². The fraction of sp³-hybridized carbons (Fsp3) is 0.0588. The van der Waals surface area contributed by atoms with Gasteiger partial charge in [0.15, 0.2) is 0 Å². The monoisotopic (exact) mass is 438 g/mol. The maximum atomic E-state index is 10.9. The van der Waals surface area contributed by atoms with Gasteiger partial charge in [0.05, 0.1) is 9.85 Å². The summed E-state index contributed by atoms with van der Waals surface area (Å²) in [6.45, 7) is 0.203. The Hall–Kier alpha value is -3.50. The van der Waals surface area contributed by atoms with Crippen molar-refractivity contribution >= 4 is 34.6 Å². The highest BCUT2D eigenvalue weighted by molar-refractivity contribution is 6.33. The normalized spacial score (nSPS) is 9.86. The van der Waals surface area contributed by atoms with Crippen LogP contribution in [-0.2, 0) is 6.61 Å². The summed E-state index contributed by atoms with van der Waals surface area (Å²) in [4.78, 5) is 36.2. The first-order valence-corrected chi connectivity index (χ1v) is 8.54. The Labute approximate surface area is 173 Å². The van der Waals surface area contributed by atoms with Crippen molar-refractivity contribution in [3.05, 3.63) is 101 Å². The highest BCUT2D eigenvalue weighted by Gasteiger charge is 2.21. The molecule has 12 heteroatoms. The first kappa shape index (κ1) is 21.8. The van der Waals surface area contributed by atoms with Crippen molar-refractivity contribution in [1.29, 1.82) is 0 Å². The SMILES string of the molecule is O=[N+]([O-])c1c(Cl)ccnc1OCc1ccccc1.O=c1[nH]ccc(Cl)c1[N+](=O)[O-]. The van der Waals surface area contributed by atoms with Crippen LogP contribution in [0.5, 0.6) is 5.88 Å². The minimum Gasteiger partial charge on any atom is -0.468 e. The van der Waals surface area contributed by atoms with Crippen LogP contribution < -0.4 is 10.3 Å². The van der Waals surface area contributed by atoms with E-state index in [-0.39, 0.29) is 28.2 Å². The van der Waals surface area contributed by atoms with E-state index < -0.39 is 21.1 Å². The van der Waals surface area contributed by atoms with E-state index >= 15 is 0 Å². The number of ether oxygens (including phenoxy) is 1. The average molecular weight is 439 g/mol. The van der Waals surface area contributed by atoms with Gasteiger partial charge in [0.2, 0.25) is 0 Å². The molecule has 29 heavy (non-hydrogen) atoms. The van der Waals surface area contributed by atoms with Crippen molar-refractivity contribution in [2.75, 3.05) is 0 Å². The molecule has 0 aliphatic carbocycles. The summed E-state index contributed by atoms with van der Waals surface area (Å²) < 4.78 is 5.33. The van der Waals surface area contributed by atoms with E-state index in [1.54, 1.807) is 0 Å². The van der Waals surface area contributed by atoms with Crippen LogP contribution in [0.1, 0.15) is 5.56 Å². The molecule has 10 nitrogen and oxygen atoms in total. The van der Waals surface area contributed by atoms with Crippen LogP contribution in [0.25, 0.3) is 0 Å². The third-order valence-electron chi connectivity index (χ3n) is 3.31. The molecule has 0 aliphatic heterocycles. The Balaban J connectivity index is 0.000000234. The lowest BCUT2D eigenvalue weighted by Gasteiger charge is -2.06. The largest absolute Gasteiger partial charge is 0.468 e. The zero-order valence-electron chi connectivity index (χ0n) is 14.5. The van der Waals surface area contributed by atoms with Gasteiger partial charge in [-0.1, -0.05) is 53.5 Å². The molecular formula is C17H12Cl2N4O6. The van der Waals surface area contributed by atoms with Crippen molar-refractivity contribution in [1.82, 2.24) is 9.97 Å². The molecule has 3 rings (SSSR count). The minimum absolute atomic E-state index is 0.0121. The van der Waals surface area contributed by atoms with Gasteiger partial charge in [-0.15, -0.1) is 0 Å². The van der Waals surface area contributed by atoms with Crippen LogP contribution in [0.15, 0.2) is 59.7 Å². The van der Waals surface area contributed by atoms with Crippen molar-refractivity contribution in [3.63, 3.8) is 0 Å². The van der Waals surface area contributed by atoms with Gasteiger partial charge < -0.3 is 9.72 Å². The summed E-state index contributed by atoms with van der Waals surface area (Å²) in [5.74, 6) is -0.0728. The summed E-state index contributed by atoms with van der Waals surface area (Å²) in [7, 11) is 0. The molecule has 0 aliphatic rings. The summed E-state index contributed by atoms with van der Waals surface area (Å²) in [6, 6.07) is 11.9. The van der Waals surface area contributed by atoms with Gasteiger partial charge in [-0.25, -0.2) is 4.98 Å². The molecule has 2 heterocycles. The van der Waals surface area contributed by atoms with Crippen LogP contribution in [-0.4, -0.2) is 19.8 Å². The molecule has 0 amide bonds. The van der Waals surface area contributed by atoms with Crippen LogP contribution in [0.2, 0.25) is 10.0 Å². The Kier molecular flexibility index (Phi) is 7.63. The van der Waals surface area contributed by atoms with Gasteiger partial charge in [0.1, 0.15) is 16.7 Å². The van der Waals surface area contributed by atoms with E-state index in [0.29, 0.717) is 0 Å².